The predicted molar refractivity (Wildman–Crippen MR) is 155 cm³/mol. The van der Waals surface area contributed by atoms with Crippen molar-refractivity contribution in [3.8, 4) is 11.5 Å². The van der Waals surface area contributed by atoms with Gasteiger partial charge >= 0.3 is 5.97 Å². The molecule has 0 N–H and O–H groups in total. The van der Waals surface area contributed by atoms with E-state index in [1.54, 1.807) is 12.1 Å². The number of imide groups is 1. The van der Waals surface area contributed by atoms with E-state index in [1.807, 2.05) is 30.3 Å². The molecule has 1 saturated heterocycles. The quantitative estimate of drug-likeness (QED) is 0.0821. The molecule has 0 unspecified atom stereocenters. The minimum Gasteiger partial charge on any atom is -0.457 e. The molecular weight excluding hydrogens is 564 g/mol. The molecule has 4 aliphatic carbocycles. The van der Waals surface area contributed by atoms with E-state index < -0.39 is 41.2 Å². The second kappa shape index (κ2) is 10.9. The Balaban J connectivity index is 1.04. The van der Waals surface area contributed by atoms with Crippen LogP contribution in [0, 0.1) is 45.6 Å². The van der Waals surface area contributed by atoms with Crippen LogP contribution in [0.5, 0.6) is 11.5 Å². The molecule has 1 heterocycles. The van der Waals surface area contributed by atoms with Crippen molar-refractivity contribution >= 4 is 29.3 Å². The van der Waals surface area contributed by atoms with Crippen molar-refractivity contribution < 1.29 is 33.6 Å². The Labute approximate surface area is 252 Å². The van der Waals surface area contributed by atoms with E-state index in [1.165, 1.54) is 36.4 Å². The number of ketones is 1. The molecule has 7 atom stereocenters. The number of nitro groups is 1. The van der Waals surface area contributed by atoms with Crippen LogP contribution in [0.1, 0.15) is 22.3 Å². The van der Waals surface area contributed by atoms with Gasteiger partial charge in [0, 0.05) is 24.1 Å². The monoisotopic (exact) mass is 592 g/mol. The maximum atomic E-state index is 13.8. The van der Waals surface area contributed by atoms with Crippen LogP contribution >= 0.6 is 0 Å². The third-order valence-electron chi connectivity index (χ3n) is 9.36. The summed E-state index contributed by atoms with van der Waals surface area (Å²) in [6.45, 7) is -0.563. The first kappa shape index (κ1) is 27.7. The van der Waals surface area contributed by atoms with Crippen LogP contribution in [0.3, 0.4) is 0 Å². The van der Waals surface area contributed by atoms with Crippen molar-refractivity contribution in [1.82, 2.24) is 4.90 Å². The van der Waals surface area contributed by atoms with E-state index in [0.717, 1.165) is 16.9 Å². The summed E-state index contributed by atoms with van der Waals surface area (Å²) >= 11 is 0. The van der Waals surface area contributed by atoms with E-state index in [2.05, 4.69) is 12.2 Å². The highest BCUT2D eigenvalue weighted by atomic mass is 16.6. The smallest absolute Gasteiger partial charge is 0.330 e. The van der Waals surface area contributed by atoms with Gasteiger partial charge in [-0.1, -0.05) is 42.5 Å². The van der Waals surface area contributed by atoms with Gasteiger partial charge < -0.3 is 9.47 Å². The summed E-state index contributed by atoms with van der Waals surface area (Å²) in [6.07, 6.45) is 5.30. The molecule has 2 saturated carbocycles. The van der Waals surface area contributed by atoms with Crippen LogP contribution in [0.25, 0.3) is 0 Å². The highest BCUT2D eigenvalue weighted by Gasteiger charge is 2.68. The van der Waals surface area contributed by atoms with Crippen LogP contribution in [-0.2, 0) is 25.5 Å². The summed E-state index contributed by atoms with van der Waals surface area (Å²) in [4.78, 5) is 65.5. The van der Waals surface area contributed by atoms with Gasteiger partial charge in [0.25, 0.3) is 5.69 Å². The van der Waals surface area contributed by atoms with Gasteiger partial charge in [-0.3, -0.25) is 29.4 Å². The number of amides is 2. The van der Waals surface area contributed by atoms with Crippen molar-refractivity contribution in [3.63, 3.8) is 0 Å². The topological polar surface area (TPSA) is 133 Å². The lowest BCUT2D eigenvalue weighted by molar-refractivity contribution is -0.384. The Hall–Kier alpha value is -5.12. The molecule has 3 fully saturated rings. The first-order valence-electron chi connectivity index (χ1n) is 14.6. The van der Waals surface area contributed by atoms with Crippen molar-refractivity contribution in [3.05, 3.63) is 112 Å². The lowest BCUT2D eigenvalue weighted by atomic mass is 9.63. The van der Waals surface area contributed by atoms with Crippen LogP contribution in [0.4, 0.5) is 5.69 Å². The summed E-state index contributed by atoms with van der Waals surface area (Å²) < 4.78 is 11.2. The number of hydrogen-bond acceptors (Lipinski definition) is 8. The van der Waals surface area contributed by atoms with Gasteiger partial charge in [-0.25, -0.2) is 4.79 Å². The van der Waals surface area contributed by atoms with E-state index in [-0.39, 0.29) is 41.3 Å². The van der Waals surface area contributed by atoms with E-state index in [0.29, 0.717) is 23.3 Å². The maximum absolute atomic E-state index is 13.8. The molecule has 44 heavy (non-hydrogen) atoms. The maximum Gasteiger partial charge on any atom is 0.330 e. The minimum absolute atomic E-state index is 0.0267. The third kappa shape index (κ3) is 4.86. The second-order valence-corrected chi connectivity index (χ2v) is 11.8. The van der Waals surface area contributed by atoms with Gasteiger partial charge in [-0.15, -0.1) is 0 Å². The second-order valence-electron chi connectivity index (χ2n) is 11.8. The number of benzene rings is 3. The highest BCUT2D eigenvalue weighted by Crippen LogP contribution is 2.65. The van der Waals surface area contributed by atoms with Gasteiger partial charge in [-0.05, 0) is 72.1 Å². The molecular formula is C34H28N2O8. The van der Waals surface area contributed by atoms with Crippen molar-refractivity contribution in [2.75, 3.05) is 6.61 Å². The number of carbonyl (C=O) groups excluding carboxylic acids is 4. The number of esters is 1. The summed E-state index contributed by atoms with van der Waals surface area (Å²) in [6, 6.07) is 19.7. The lowest BCUT2D eigenvalue weighted by Crippen LogP contribution is -2.48. The number of likely N-dealkylation sites (tertiary alicyclic amines) is 1. The van der Waals surface area contributed by atoms with Crippen molar-refractivity contribution in [1.29, 1.82) is 0 Å². The zero-order valence-corrected chi connectivity index (χ0v) is 23.5. The molecule has 222 valence electrons. The van der Waals surface area contributed by atoms with Crippen LogP contribution in [0.2, 0.25) is 0 Å². The number of allylic oxidation sites excluding steroid dienone is 2. The fourth-order valence-electron chi connectivity index (χ4n) is 7.20. The summed E-state index contributed by atoms with van der Waals surface area (Å²) in [7, 11) is 0. The fraction of sp³-hybridized carbons (Fsp3) is 0.294. The van der Waals surface area contributed by atoms with E-state index in [4.69, 9.17) is 9.47 Å². The SMILES string of the molecule is O=C(COC(=O)[C@H](Cc1ccccc1)N1C(=O)[C@@H]2[C@H]3C=C[C@@H]([C@@H]4C[C@@H]34)[C@H]2C1=O)c1ccc(Oc2ccc([N+](=O)[O-])cc2)cc1. The molecule has 10 nitrogen and oxygen atoms in total. The number of ether oxygens (including phenoxy) is 2. The third-order valence-corrected chi connectivity index (χ3v) is 9.36. The normalized spacial score (nSPS) is 26.5. The summed E-state index contributed by atoms with van der Waals surface area (Å²) in [5.41, 5.74) is 0.981. The molecule has 0 spiro atoms. The Morgan fingerprint density at radius 2 is 1.41 bits per heavy atom. The van der Waals surface area contributed by atoms with Gasteiger partial charge in [-0.2, -0.15) is 0 Å². The standard InChI is InChI=1S/C34H28N2O8/c37-29(20-6-10-22(11-7-20)44-23-12-8-21(9-13-23)36(41)42)18-43-34(40)28(16-19-4-2-1-3-5-19)35-32(38)30-24-14-15-25(27-17-26(24)27)31(30)33(35)39/h1-15,24-28,30-31H,16-18H2/t24-,25-,26-,27-,28-,30+,31+/m0/s1. The van der Waals surface area contributed by atoms with Crippen LogP contribution < -0.4 is 4.74 Å². The number of Topliss-reactive ketones (excluding diaryl/α,β-unsaturated/α-hetero) is 1. The Kier molecular flexibility index (Phi) is 6.84. The molecule has 3 aromatic rings. The zero-order valence-electron chi connectivity index (χ0n) is 23.5. The zero-order chi connectivity index (χ0) is 30.5. The van der Waals surface area contributed by atoms with Gasteiger partial charge in [0.05, 0.1) is 16.8 Å². The van der Waals surface area contributed by atoms with Gasteiger partial charge in [0.2, 0.25) is 11.8 Å². The predicted octanol–water partition coefficient (Wildman–Crippen LogP) is 4.78. The minimum atomic E-state index is -1.18. The van der Waals surface area contributed by atoms with E-state index >= 15 is 0 Å². The Morgan fingerprint density at radius 3 is 1.98 bits per heavy atom. The number of nitro benzene ring substituents is 1. The summed E-state index contributed by atoms with van der Waals surface area (Å²) in [5, 5.41) is 10.8. The highest BCUT2D eigenvalue weighted by molar-refractivity contribution is 6.09. The largest absolute Gasteiger partial charge is 0.457 e. The Morgan fingerprint density at radius 1 is 0.841 bits per heavy atom. The molecule has 10 heteroatoms. The number of hydrogen-bond donors (Lipinski definition) is 0. The summed E-state index contributed by atoms with van der Waals surface area (Å²) in [5.74, 6) is -1.07. The number of non-ortho nitro benzene ring substituents is 1. The van der Waals surface area contributed by atoms with Crippen molar-refractivity contribution in [2.45, 2.75) is 18.9 Å². The molecule has 2 amide bonds. The van der Waals surface area contributed by atoms with E-state index in [9.17, 15) is 29.3 Å². The van der Waals surface area contributed by atoms with Crippen molar-refractivity contribution in [2.24, 2.45) is 35.5 Å². The van der Waals surface area contributed by atoms with Crippen LogP contribution in [0.15, 0.2) is 91.0 Å². The average Bonchev–Trinajstić information content (AvgIpc) is 3.82. The molecule has 0 aromatic heterocycles. The molecule has 5 aliphatic rings. The molecule has 3 aromatic carbocycles. The molecule has 1 aliphatic heterocycles. The first-order chi connectivity index (χ1) is 21.3. The number of nitrogens with zero attached hydrogens (tertiary/aromatic N) is 2. The molecule has 0 radical (unpaired) electrons. The number of rotatable bonds is 10. The first-order valence-corrected chi connectivity index (χ1v) is 14.6. The Bertz CT molecular complexity index is 1650. The van der Waals surface area contributed by atoms with Crippen LogP contribution in [-0.4, -0.2) is 46.0 Å². The molecule has 8 rings (SSSR count). The number of carbonyl (C=O) groups is 4. The van der Waals surface area contributed by atoms with Gasteiger partial charge in [0.15, 0.2) is 12.4 Å². The average molecular weight is 593 g/mol. The molecule has 2 bridgehead atoms. The lowest BCUT2D eigenvalue weighted by Gasteiger charge is -2.37. The van der Waals surface area contributed by atoms with Gasteiger partial charge in [0.1, 0.15) is 17.5 Å². The fourth-order valence-corrected chi connectivity index (χ4v) is 7.20.